The largest absolute Gasteiger partial charge is 0.382 e. The van der Waals surface area contributed by atoms with Crippen molar-refractivity contribution in [3.63, 3.8) is 0 Å². The molecule has 2 aromatic heterocycles. The Hall–Kier alpha value is -1.91. The van der Waals surface area contributed by atoms with E-state index in [4.69, 9.17) is 5.73 Å². The summed E-state index contributed by atoms with van der Waals surface area (Å²) in [7, 11) is 0. The van der Waals surface area contributed by atoms with Gasteiger partial charge >= 0.3 is 0 Å². The second-order valence-corrected chi connectivity index (χ2v) is 2.69. The molecule has 0 radical (unpaired) electrons. The second kappa shape index (κ2) is 2.85. The molecular formula is C8H9N5. The first kappa shape index (κ1) is 7.72. The van der Waals surface area contributed by atoms with Crippen molar-refractivity contribution in [2.45, 2.75) is 6.92 Å². The summed E-state index contributed by atoms with van der Waals surface area (Å²) in [4.78, 5) is 7.75. The van der Waals surface area contributed by atoms with E-state index >= 15 is 0 Å². The number of hydrogen-bond acceptors (Lipinski definition) is 4. The van der Waals surface area contributed by atoms with Crippen LogP contribution in [0.1, 0.15) is 5.69 Å². The number of aromatic nitrogens is 4. The summed E-state index contributed by atoms with van der Waals surface area (Å²) >= 11 is 0. The monoisotopic (exact) mass is 175 g/mol. The summed E-state index contributed by atoms with van der Waals surface area (Å²) in [5, 5.41) is 4.20. The lowest BCUT2D eigenvalue weighted by Crippen LogP contribution is -2.03. The smallest absolute Gasteiger partial charge is 0.152 e. The second-order valence-electron chi connectivity index (χ2n) is 2.69. The summed E-state index contributed by atoms with van der Waals surface area (Å²) in [6.45, 7) is 1.91. The van der Waals surface area contributed by atoms with Gasteiger partial charge in [0.25, 0.3) is 0 Å². The Balaban J connectivity index is 2.52. The minimum absolute atomic E-state index is 0.429. The maximum Gasteiger partial charge on any atom is 0.152 e. The van der Waals surface area contributed by atoms with E-state index in [2.05, 4.69) is 15.1 Å². The highest BCUT2D eigenvalue weighted by Crippen LogP contribution is 2.10. The van der Waals surface area contributed by atoms with Crippen LogP contribution in [0.3, 0.4) is 0 Å². The molecule has 0 bridgehead atoms. The van der Waals surface area contributed by atoms with Crippen LogP contribution in [0, 0.1) is 6.92 Å². The molecule has 2 N–H and O–H groups in total. The maximum atomic E-state index is 5.65. The third kappa shape index (κ3) is 1.35. The molecule has 2 rings (SSSR count). The normalized spacial score (nSPS) is 10.2. The number of aryl methyl sites for hydroxylation is 1. The molecular weight excluding hydrogens is 166 g/mol. The molecule has 0 amide bonds. The Morgan fingerprint density at radius 2 is 2.31 bits per heavy atom. The van der Waals surface area contributed by atoms with E-state index in [0.29, 0.717) is 11.5 Å². The fourth-order valence-corrected chi connectivity index (χ4v) is 1.06. The topological polar surface area (TPSA) is 69.6 Å². The molecule has 2 aromatic rings. The molecule has 2 heterocycles. The molecule has 0 unspecified atom stereocenters. The number of hydrogen-bond donors (Lipinski definition) is 1. The molecule has 0 spiro atoms. The van der Waals surface area contributed by atoms with E-state index in [-0.39, 0.29) is 0 Å². The van der Waals surface area contributed by atoms with Gasteiger partial charge in [-0.2, -0.15) is 5.10 Å². The van der Waals surface area contributed by atoms with E-state index in [0.717, 1.165) is 5.69 Å². The Morgan fingerprint density at radius 1 is 1.46 bits per heavy atom. The molecule has 0 aliphatic rings. The summed E-state index contributed by atoms with van der Waals surface area (Å²) in [6, 6.07) is 1.90. The predicted octanol–water partition coefficient (Wildman–Crippen LogP) is 0.553. The van der Waals surface area contributed by atoms with Crippen LogP contribution in [0.4, 0.5) is 5.82 Å². The first-order valence-electron chi connectivity index (χ1n) is 3.85. The SMILES string of the molecule is Cc1ccn(-c2cncnc2N)n1. The van der Waals surface area contributed by atoms with Crippen molar-refractivity contribution in [2.75, 3.05) is 5.73 Å². The fourth-order valence-electron chi connectivity index (χ4n) is 1.06. The Labute approximate surface area is 75.2 Å². The van der Waals surface area contributed by atoms with Crippen molar-refractivity contribution in [3.8, 4) is 5.69 Å². The van der Waals surface area contributed by atoms with E-state index in [1.165, 1.54) is 6.33 Å². The number of nitrogens with zero attached hydrogens (tertiary/aromatic N) is 4. The summed E-state index contributed by atoms with van der Waals surface area (Å²) < 4.78 is 1.66. The lowest BCUT2D eigenvalue weighted by molar-refractivity contribution is 0.852. The highest BCUT2D eigenvalue weighted by Gasteiger charge is 2.02. The van der Waals surface area contributed by atoms with Crippen LogP contribution in [-0.2, 0) is 0 Å². The minimum atomic E-state index is 0.429. The summed E-state index contributed by atoms with van der Waals surface area (Å²) in [5.41, 5.74) is 7.29. The van der Waals surface area contributed by atoms with E-state index in [1.807, 2.05) is 19.2 Å². The van der Waals surface area contributed by atoms with Crippen molar-refractivity contribution in [3.05, 3.63) is 30.5 Å². The minimum Gasteiger partial charge on any atom is -0.382 e. The third-order valence-electron chi connectivity index (χ3n) is 1.69. The van der Waals surface area contributed by atoms with Crippen LogP contribution in [0.25, 0.3) is 5.69 Å². The number of anilines is 1. The Bertz CT molecular complexity index is 420. The molecule has 0 saturated carbocycles. The zero-order chi connectivity index (χ0) is 9.26. The van der Waals surface area contributed by atoms with E-state index in [1.54, 1.807) is 10.9 Å². The highest BCUT2D eigenvalue weighted by molar-refractivity contribution is 5.49. The molecule has 0 fully saturated rings. The first-order chi connectivity index (χ1) is 6.27. The molecule has 0 atom stereocenters. The zero-order valence-corrected chi connectivity index (χ0v) is 7.18. The van der Waals surface area contributed by atoms with Gasteiger partial charge in [-0.15, -0.1) is 0 Å². The third-order valence-corrected chi connectivity index (χ3v) is 1.69. The van der Waals surface area contributed by atoms with Crippen molar-refractivity contribution >= 4 is 5.82 Å². The van der Waals surface area contributed by atoms with Crippen molar-refractivity contribution < 1.29 is 0 Å². The molecule has 0 aliphatic heterocycles. The lowest BCUT2D eigenvalue weighted by atomic mass is 10.5. The van der Waals surface area contributed by atoms with Crippen LogP contribution in [-0.4, -0.2) is 19.7 Å². The first-order valence-corrected chi connectivity index (χ1v) is 3.85. The van der Waals surface area contributed by atoms with Crippen molar-refractivity contribution in [2.24, 2.45) is 0 Å². The standard InChI is InChI=1S/C8H9N5/c1-6-2-3-13(12-6)7-4-10-5-11-8(7)9/h2-5H,1H3,(H2,9,10,11). The van der Waals surface area contributed by atoms with Gasteiger partial charge in [-0.25, -0.2) is 14.6 Å². The van der Waals surface area contributed by atoms with Crippen molar-refractivity contribution in [1.82, 2.24) is 19.7 Å². The molecule has 0 aliphatic carbocycles. The quantitative estimate of drug-likeness (QED) is 0.687. The molecule has 0 saturated heterocycles. The van der Waals surface area contributed by atoms with Gasteiger partial charge in [0, 0.05) is 6.20 Å². The van der Waals surface area contributed by atoms with Gasteiger partial charge in [-0.05, 0) is 13.0 Å². The van der Waals surface area contributed by atoms with Crippen LogP contribution < -0.4 is 5.73 Å². The fraction of sp³-hybridized carbons (Fsp3) is 0.125. The molecule has 66 valence electrons. The van der Waals surface area contributed by atoms with E-state index in [9.17, 15) is 0 Å². The molecule has 5 heteroatoms. The highest BCUT2D eigenvalue weighted by atomic mass is 15.3. The molecule has 13 heavy (non-hydrogen) atoms. The predicted molar refractivity (Wildman–Crippen MR) is 48.3 cm³/mol. The van der Waals surface area contributed by atoms with Gasteiger partial charge < -0.3 is 5.73 Å². The maximum absolute atomic E-state index is 5.65. The van der Waals surface area contributed by atoms with Gasteiger partial charge in [-0.3, -0.25) is 0 Å². The number of nitrogen functional groups attached to an aromatic ring is 1. The average Bonchev–Trinajstić information content (AvgIpc) is 2.53. The summed E-state index contributed by atoms with van der Waals surface area (Å²) in [5.74, 6) is 0.429. The summed E-state index contributed by atoms with van der Waals surface area (Å²) in [6.07, 6.45) is 4.87. The van der Waals surface area contributed by atoms with Crippen LogP contribution >= 0.6 is 0 Å². The number of rotatable bonds is 1. The Morgan fingerprint density at radius 3 is 2.92 bits per heavy atom. The molecule has 0 aromatic carbocycles. The van der Waals surface area contributed by atoms with E-state index < -0.39 is 0 Å². The van der Waals surface area contributed by atoms with Gasteiger partial charge in [0.2, 0.25) is 0 Å². The van der Waals surface area contributed by atoms with Crippen molar-refractivity contribution in [1.29, 1.82) is 0 Å². The Kier molecular flexibility index (Phi) is 1.70. The molecule has 5 nitrogen and oxygen atoms in total. The van der Waals surface area contributed by atoms with Gasteiger partial charge in [0.1, 0.15) is 12.0 Å². The average molecular weight is 175 g/mol. The van der Waals surface area contributed by atoms with Gasteiger partial charge in [-0.1, -0.05) is 0 Å². The van der Waals surface area contributed by atoms with Gasteiger partial charge in [0.15, 0.2) is 5.82 Å². The van der Waals surface area contributed by atoms with Gasteiger partial charge in [0.05, 0.1) is 11.9 Å². The van der Waals surface area contributed by atoms with Crippen LogP contribution in [0.2, 0.25) is 0 Å². The lowest BCUT2D eigenvalue weighted by Gasteiger charge is -2.01. The van der Waals surface area contributed by atoms with Crippen LogP contribution in [0.5, 0.6) is 0 Å². The zero-order valence-electron chi connectivity index (χ0n) is 7.18. The number of nitrogens with two attached hydrogens (primary N) is 1. The van der Waals surface area contributed by atoms with Crippen LogP contribution in [0.15, 0.2) is 24.8 Å².